The number of fused-ring (bicyclic) bond motifs is 1. The molecule has 2 atom stereocenters. The van der Waals surface area contributed by atoms with E-state index in [0.717, 1.165) is 11.1 Å². The Morgan fingerprint density at radius 3 is 2.72 bits per heavy atom. The molecule has 0 radical (unpaired) electrons. The van der Waals surface area contributed by atoms with Crippen LogP contribution in [0.2, 0.25) is 0 Å². The standard InChI is InChI=1S/C19H22N6O5S2/c1-24-18(21-22-23-24)32-10-12-9-31-17-19(20,29-3)16(27)25(17)14(12)15(26)30-8-11-4-6-13(28-2)7-5-11/h4-7,17H,8-10,20H2,1-3H3/t17-,19+/m1/s1. The van der Waals surface area contributed by atoms with Crippen LogP contribution >= 0.6 is 23.5 Å². The lowest BCUT2D eigenvalue weighted by Gasteiger charge is -2.54. The van der Waals surface area contributed by atoms with Gasteiger partial charge in [0.15, 0.2) is 0 Å². The molecule has 3 heterocycles. The molecule has 4 rings (SSSR count). The monoisotopic (exact) mass is 478 g/mol. The maximum atomic E-state index is 13.1. The third kappa shape index (κ3) is 3.96. The third-order valence-electron chi connectivity index (χ3n) is 5.16. The Hall–Kier alpha value is -2.61. The van der Waals surface area contributed by atoms with E-state index in [4.69, 9.17) is 19.9 Å². The van der Waals surface area contributed by atoms with Crippen LogP contribution in [0.25, 0.3) is 0 Å². The molecular formula is C19H22N6O5S2. The topological polar surface area (TPSA) is 135 Å². The average Bonchev–Trinajstić information content (AvgIpc) is 3.24. The van der Waals surface area contributed by atoms with Crippen molar-refractivity contribution in [3.05, 3.63) is 41.1 Å². The number of hydrogen-bond donors (Lipinski definition) is 1. The van der Waals surface area contributed by atoms with Gasteiger partial charge in [0.05, 0.1) is 7.11 Å². The molecule has 11 nitrogen and oxygen atoms in total. The third-order valence-corrected chi connectivity index (χ3v) is 7.65. The number of amides is 1. The number of rotatable bonds is 8. The molecule has 2 aliphatic heterocycles. The summed E-state index contributed by atoms with van der Waals surface area (Å²) in [7, 11) is 4.69. The zero-order valence-electron chi connectivity index (χ0n) is 17.7. The number of carbonyl (C=O) groups excluding carboxylic acids is 2. The maximum absolute atomic E-state index is 13.1. The first-order valence-electron chi connectivity index (χ1n) is 9.55. The van der Waals surface area contributed by atoms with Crippen molar-refractivity contribution >= 4 is 35.4 Å². The number of hydrogen-bond acceptors (Lipinski definition) is 11. The molecular weight excluding hydrogens is 456 g/mol. The molecule has 1 fully saturated rings. The van der Waals surface area contributed by atoms with Gasteiger partial charge in [-0.3, -0.25) is 15.4 Å². The first-order chi connectivity index (χ1) is 15.4. The van der Waals surface area contributed by atoms with E-state index in [0.29, 0.717) is 22.4 Å². The summed E-state index contributed by atoms with van der Waals surface area (Å²) in [5.41, 5.74) is 6.39. The quantitative estimate of drug-likeness (QED) is 0.246. The van der Waals surface area contributed by atoms with Gasteiger partial charge in [0.25, 0.3) is 5.91 Å². The van der Waals surface area contributed by atoms with Crippen LogP contribution in [0.4, 0.5) is 0 Å². The van der Waals surface area contributed by atoms with Crippen molar-refractivity contribution in [3.63, 3.8) is 0 Å². The van der Waals surface area contributed by atoms with Gasteiger partial charge in [-0.15, -0.1) is 16.9 Å². The SMILES string of the molecule is COc1ccc(COC(=O)C2=C(CSc3nnnn3C)CS[C@H]3N2C(=O)[C@]3(N)OC)cc1. The Morgan fingerprint density at radius 2 is 2.09 bits per heavy atom. The highest BCUT2D eigenvalue weighted by Gasteiger charge is 2.63. The minimum absolute atomic E-state index is 0.0534. The number of aromatic nitrogens is 4. The number of nitrogens with two attached hydrogens (primary N) is 1. The molecule has 2 aliphatic rings. The molecule has 2 aromatic rings. The molecule has 0 saturated carbocycles. The Morgan fingerprint density at radius 1 is 1.34 bits per heavy atom. The molecule has 0 aliphatic carbocycles. The van der Waals surface area contributed by atoms with Gasteiger partial charge in [-0.05, 0) is 33.7 Å². The minimum atomic E-state index is -1.46. The van der Waals surface area contributed by atoms with Gasteiger partial charge in [-0.25, -0.2) is 9.48 Å². The van der Waals surface area contributed by atoms with E-state index < -0.39 is 23.0 Å². The van der Waals surface area contributed by atoms with Crippen molar-refractivity contribution in [2.24, 2.45) is 12.8 Å². The fraction of sp³-hybridized carbons (Fsp3) is 0.421. The lowest BCUT2D eigenvalue weighted by Crippen LogP contribution is -2.78. The van der Waals surface area contributed by atoms with Crippen molar-refractivity contribution < 1.29 is 23.8 Å². The maximum Gasteiger partial charge on any atom is 0.355 e. The number of esters is 1. The van der Waals surface area contributed by atoms with E-state index >= 15 is 0 Å². The summed E-state index contributed by atoms with van der Waals surface area (Å²) in [6.45, 7) is 0.0534. The van der Waals surface area contributed by atoms with E-state index in [9.17, 15) is 9.59 Å². The van der Waals surface area contributed by atoms with Gasteiger partial charge >= 0.3 is 5.97 Å². The summed E-state index contributed by atoms with van der Waals surface area (Å²) >= 11 is 2.81. The Bertz CT molecular complexity index is 1060. The highest BCUT2D eigenvalue weighted by molar-refractivity contribution is 8.01. The van der Waals surface area contributed by atoms with E-state index in [-0.39, 0.29) is 12.3 Å². The number of nitrogens with zero attached hydrogens (tertiary/aromatic N) is 5. The van der Waals surface area contributed by atoms with Gasteiger partial charge in [0, 0.05) is 25.7 Å². The molecule has 0 unspecified atom stereocenters. The van der Waals surface area contributed by atoms with Gasteiger partial charge < -0.3 is 14.2 Å². The van der Waals surface area contributed by atoms with Crippen molar-refractivity contribution in [1.29, 1.82) is 0 Å². The summed E-state index contributed by atoms with van der Waals surface area (Å²) in [6.07, 6.45) is 0. The minimum Gasteiger partial charge on any atom is -0.497 e. The van der Waals surface area contributed by atoms with Crippen LogP contribution in [0.3, 0.4) is 0 Å². The summed E-state index contributed by atoms with van der Waals surface area (Å²) < 4.78 is 17.5. The van der Waals surface area contributed by atoms with Crippen molar-refractivity contribution in [1.82, 2.24) is 25.1 Å². The van der Waals surface area contributed by atoms with Crippen molar-refractivity contribution in [2.75, 3.05) is 25.7 Å². The average molecular weight is 479 g/mol. The van der Waals surface area contributed by atoms with Crippen LogP contribution in [-0.4, -0.2) is 73.8 Å². The number of carbonyl (C=O) groups is 2. The lowest BCUT2D eigenvalue weighted by molar-refractivity contribution is -0.183. The van der Waals surface area contributed by atoms with Crippen molar-refractivity contribution in [2.45, 2.75) is 22.9 Å². The zero-order valence-corrected chi connectivity index (χ0v) is 19.3. The number of aryl methyl sites for hydroxylation is 1. The second-order valence-corrected chi connectivity index (χ2v) is 9.10. The first-order valence-corrected chi connectivity index (χ1v) is 11.6. The van der Waals surface area contributed by atoms with Crippen molar-refractivity contribution in [3.8, 4) is 5.75 Å². The number of tetrazole rings is 1. The summed E-state index contributed by atoms with van der Waals surface area (Å²) in [5.74, 6) is 0.537. The molecule has 13 heteroatoms. The zero-order chi connectivity index (χ0) is 22.9. The second-order valence-electron chi connectivity index (χ2n) is 7.09. The predicted octanol–water partition coefficient (Wildman–Crippen LogP) is 0.525. The molecule has 0 spiro atoms. The van der Waals surface area contributed by atoms with Gasteiger partial charge in [0.2, 0.25) is 10.9 Å². The molecule has 1 aromatic carbocycles. The van der Waals surface area contributed by atoms with Gasteiger partial charge in [0.1, 0.15) is 23.4 Å². The lowest BCUT2D eigenvalue weighted by atomic mass is 10.00. The number of methoxy groups -OCH3 is 2. The van der Waals surface area contributed by atoms with Crippen LogP contribution in [0, 0.1) is 0 Å². The molecule has 170 valence electrons. The Labute approximate surface area is 192 Å². The van der Waals surface area contributed by atoms with Crippen LogP contribution < -0.4 is 10.5 Å². The summed E-state index contributed by atoms with van der Waals surface area (Å²) in [5, 5.41) is 11.5. The van der Waals surface area contributed by atoms with Crippen LogP contribution in [0.5, 0.6) is 5.75 Å². The molecule has 1 saturated heterocycles. The van der Waals surface area contributed by atoms with E-state index in [2.05, 4.69) is 15.5 Å². The van der Waals surface area contributed by atoms with Crippen LogP contribution in [0.15, 0.2) is 40.7 Å². The highest BCUT2D eigenvalue weighted by atomic mass is 32.2. The number of ether oxygens (including phenoxy) is 3. The predicted molar refractivity (Wildman–Crippen MR) is 116 cm³/mol. The molecule has 0 bridgehead atoms. The largest absolute Gasteiger partial charge is 0.497 e. The molecule has 32 heavy (non-hydrogen) atoms. The number of β-lactam (4-membered cyclic amide) rings is 1. The number of benzene rings is 1. The van der Waals surface area contributed by atoms with Crippen LogP contribution in [0.1, 0.15) is 5.56 Å². The van der Waals surface area contributed by atoms with E-state index in [1.54, 1.807) is 26.3 Å². The Kier molecular flexibility index (Phi) is 6.42. The van der Waals surface area contributed by atoms with Gasteiger partial charge in [-0.2, -0.15) is 0 Å². The van der Waals surface area contributed by atoms with E-state index in [1.807, 2.05) is 12.1 Å². The van der Waals surface area contributed by atoms with Crippen LogP contribution in [-0.2, 0) is 32.7 Å². The fourth-order valence-corrected chi connectivity index (χ4v) is 5.72. The molecule has 2 N–H and O–H groups in total. The van der Waals surface area contributed by atoms with Gasteiger partial charge in [-0.1, -0.05) is 23.9 Å². The smallest absolute Gasteiger partial charge is 0.355 e. The highest BCUT2D eigenvalue weighted by Crippen LogP contribution is 2.46. The second kappa shape index (κ2) is 9.10. The Balaban J connectivity index is 1.55. The fourth-order valence-electron chi connectivity index (χ4n) is 3.34. The number of thioether (sulfide) groups is 2. The molecule has 1 aromatic heterocycles. The summed E-state index contributed by atoms with van der Waals surface area (Å²) in [6, 6.07) is 7.19. The normalized spacial score (nSPS) is 22.4. The summed E-state index contributed by atoms with van der Waals surface area (Å²) in [4.78, 5) is 27.3. The first kappa shape index (κ1) is 22.6. The molecule has 1 amide bonds. The van der Waals surface area contributed by atoms with E-state index in [1.165, 1.54) is 40.2 Å².